The zero-order chi connectivity index (χ0) is 19.1. The predicted molar refractivity (Wildman–Crippen MR) is 109 cm³/mol. The molecule has 27 heavy (non-hydrogen) atoms. The summed E-state index contributed by atoms with van der Waals surface area (Å²) in [6.07, 6.45) is 1.27. The van der Waals surface area contributed by atoms with Crippen molar-refractivity contribution in [3.63, 3.8) is 0 Å². The van der Waals surface area contributed by atoms with Crippen LogP contribution in [0.2, 0.25) is 0 Å². The number of methoxy groups -OCH3 is 1. The van der Waals surface area contributed by atoms with Crippen molar-refractivity contribution in [2.45, 2.75) is 19.8 Å². The van der Waals surface area contributed by atoms with E-state index in [1.54, 1.807) is 7.11 Å². The van der Waals surface area contributed by atoms with E-state index in [4.69, 9.17) is 9.47 Å². The highest BCUT2D eigenvalue weighted by molar-refractivity contribution is 7.14. The van der Waals surface area contributed by atoms with Gasteiger partial charge in [-0.3, -0.25) is 4.79 Å². The Hall–Kier alpha value is -2.86. The molecule has 2 aromatic carbocycles. The molecule has 1 N–H and O–H groups in total. The van der Waals surface area contributed by atoms with E-state index in [-0.39, 0.29) is 5.91 Å². The Morgan fingerprint density at radius 3 is 2.44 bits per heavy atom. The van der Waals surface area contributed by atoms with E-state index in [1.165, 1.54) is 11.3 Å². The summed E-state index contributed by atoms with van der Waals surface area (Å²) in [6.45, 7) is 2.79. The molecular weight excluding hydrogens is 360 g/mol. The van der Waals surface area contributed by atoms with Crippen molar-refractivity contribution < 1.29 is 14.3 Å². The summed E-state index contributed by atoms with van der Waals surface area (Å²) in [7, 11) is 1.62. The molecule has 0 unspecified atom stereocenters. The molecule has 3 rings (SSSR count). The molecule has 0 aliphatic rings. The van der Waals surface area contributed by atoms with Crippen LogP contribution in [0.3, 0.4) is 0 Å². The van der Waals surface area contributed by atoms with E-state index in [0.29, 0.717) is 18.2 Å². The van der Waals surface area contributed by atoms with Gasteiger partial charge in [0.15, 0.2) is 5.13 Å². The van der Waals surface area contributed by atoms with E-state index in [9.17, 15) is 4.79 Å². The number of anilines is 1. The average molecular weight is 382 g/mol. The van der Waals surface area contributed by atoms with E-state index in [0.717, 1.165) is 34.7 Å². The largest absolute Gasteiger partial charge is 0.497 e. The van der Waals surface area contributed by atoms with Crippen LogP contribution in [-0.4, -0.2) is 24.6 Å². The lowest BCUT2D eigenvalue weighted by Crippen LogP contribution is -2.14. The van der Waals surface area contributed by atoms with Gasteiger partial charge < -0.3 is 14.8 Å². The number of nitrogens with zero attached hydrogens (tertiary/aromatic N) is 1. The SMILES string of the molecule is CCCOc1ccc(-c2csc(NC(=O)Cc3ccc(OC)cc3)n2)cc1. The van der Waals surface area contributed by atoms with E-state index >= 15 is 0 Å². The molecule has 0 saturated carbocycles. The molecule has 0 aliphatic heterocycles. The summed E-state index contributed by atoms with van der Waals surface area (Å²) in [5, 5.41) is 5.39. The first-order valence-corrected chi connectivity index (χ1v) is 9.67. The van der Waals surface area contributed by atoms with Crippen LogP contribution in [0.5, 0.6) is 11.5 Å². The summed E-state index contributed by atoms with van der Waals surface area (Å²) >= 11 is 1.41. The number of nitrogens with one attached hydrogen (secondary N) is 1. The third-order valence-corrected chi connectivity index (χ3v) is 4.65. The Morgan fingerprint density at radius 2 is 1.78 bits per heavy atom. The molecule has 0 spiro atoms. The van der Waals surface area contributed by atoms with Gasteiger partial charge in [0.05, 0.1) is 25.8 Å². The van der Waals surface area contributed by atoms with Crippen LogP contribution in [0.1, 0.15) is 18.9 Å². The lowest BCUT2D eigenvalue weighted by atomic mass is 10.1. The number of carbonyl (C=O) groups excluding carboxylic acids is 1. The second-order valence-corrected chi connectivity index (χ2v) is 6.84. The molecule has 0 atom stereocenters. The van der Waals surface area contributed by atoms with Crippen LogP contribution >= 0.6 is 11.3 Å². The van der Waals surface area contributed by atoms with Gasteiger partial charge in [-0.25, -0.2) is 4.98 Å². The molecule has 0 aliphatic carbocycles. The van der Waals surface area contributed by atoms with Crippen molar-refractivity contribution in [2.24, 2.45) is 0 Å². The van der Waals surface area contributed by atoms with Crippen LogP contribution < -0.4 is 14.8 Å². The van der Waals surface area contributed by atoms with Crippen molar-refractivity contribution in [3.8, 4) is 22.8 Å². The number of benzene rings is 2. The highest BCUT2D eigenvalue weighted by atomic mass is 32.1. The first kappa shape index (κ1) is 18.9. The zero-order valence-electron chi connectivity index (χ0n) is 15.4. The maximum absolute atomic E-state index is 12.2. The normalized spacial score (nSPS) is 10.4. The van der Waals surface area contributed by atoms with Gasteiger partial charge in [0.2, 0.25) is 5.91 Å². The predicted octanol–water partition coefficient (Wildman–Crippen LogP) is 4.79. The van der Waals surface area contributed by atoms with Crippen molar-refractivity contribution in [3.05, 3.63) is 59.5 Å². The molecule has 1 aromatic heterocycles. The van der Waals surface area contributed by atoms with Gasteiger partial charge >= 0.3 is 0 Å². The topological polar surface area (TPSA) is 60.5 Å². The van der Waals surface area contributed by atoms with Gasteiger partial charge in [0.1, 0.15) is 11.5 Å². The van der Waals surface area contributed by atoms with E-state index in [2.05, 4.69) is 17.2 Å². The molecule has 0 saturated heterocycles. The van der Waals surface area contributed by atoms with Gasteiger partial charge in [0, 0.05) is 10.9 Å². The number of carbonyl (C=O) groups is 1. The molecule has 5 nitrogen and oxygen atoms in total. The van der Waals surface area contributed by atoms with E-state index in [1.807, 2.05) is 53.9 Å². The molecule has 140 valence electrons. The Labute approximate surface area is 163 Å². The fourth-order valence-electron chi connectivity index (χ4n) is 2.50. The fraction of sp³-hybridized carbons (Fsp3) is 0.238. The zero-order valence-corrected chi connectivity index (χ0v) is 16.2. The van der Waals surface area contributed by atoms with E-state index < -0.39 is 0 Å². The standard InChI is InChI=1S/C21H22N2O3S/c1-3-12-26-18-10-6-16(7-11-18)19-14-27-21(22-19)23-20(24)13-15-4-8-17(25-2)9-5-15/h4-11,14H,3,12-13H2,1-2H3,(H,22,23,24). The number of ether oxygens (including phenoxy) is 2. The minimum atomic E-state index is -0.0932. The van der Waals surface area contributed by atoms with Gasteiger partial charge in [-0.2, -0.15) is 0 Å². The molecule has 0 fully saturated rings. The second-order valence-electron chi connectivity index (χ2n) is 5.98. The van der Waals surface area contributed by atoms with Gasteiger partial charge in [-0.05, 0) is 48.4 Å². The first-order valence-electron chi connectivity index (χ1n) is 8.79. The summed E-state index contributed by atoms with van der Waals surface area (Å²) in [6, 6.07) is 15.3. The highest BCUT2D eigenvalue weighted by Gasteiger charge is 2.09. The van der Waals surface area contributed by atoms with Crippen molar-refractivity contribution in [2.75, 3.05) is 19.0 Å². The Balaban J connectivity index is 1.58. The quantitative estimate of drug-likeness (QED) is 0.609. The van der Waals surface area contributed by atoms with Gasteiger partial charge in [-0.1, -0.05) is 19.1 Å². The Bertz CT molecular complexity index is 873. The first-order chi connectivity index (χ1) is 13.2. The molecule has 0 radical (unpaired) electrons. The number of amides is 1. The number of hydrogen-bond acceptors (Lipinski definition) is 5. The summed E-state index contributed by atoms with van der Waals surface area (Å²) in [4.78, 5) is 16.7. The van der Waals surface area contributed by atoms with Crippen molar-refractivity contribution in [1.29, 1.82) is 0 Å². The second kappa shape index (κ2) is 9.19. The van der Waals surface area contributed by atoms with Crippen LogP contribution in [0.25, 0.3) is 11.3 Å². The summed E-state index contributed by atoms with van der Waals surface area (Å²) in [5.41, 5.74) is 2.75. The number of rotatable bonds is 8. The number of hydrogen-bond donors (Lipinski definition) is 1. The molecular formula is C21H22N2O3S. The fourth-order valence-corrected chi connectivity index (χ4v) is 3.23. The van der Waals surface area contributed by atoms with Crippen molar-refractivity contribution >= 4 is 22.4 Å². The number of aromatic nitrogens is 1. The summed E-state index contributed by atoms with van der Waals surface area (Å²) < 4.78 is 10.7. The number of thiazole rings is 1. The minimum Gasteiger partial charge on any atom is -0.497 e. The molecule has 1 amide bonds. The van der Waals surface area contributed by atoms with Crippen LogP contribution in [0, 0.1) is 0 Å². The minimum absolute atomic E-state index is 0.0932. The highest BCUT2D eigenvalue weighted by Crippen LogP contribution is 2.26. The van der Waals surface area contributed by atoms with Crippen LogP contribution in [0.4, 0.5) is 5.13 Å². The van der Waals surface area contributed by atoms with Gasteiger partial charge in [0.25, 0.3) is 0 Å². The lowest BCUT2D eigenvalue weighted by molar-refractivity contribution is -0.115. The third-order valence-electron chi connectivity index (χ3n) is 3.90. The lowest BCUT2D eigenvalue weighted by Gasteiger charge is -2.05. The monoisotopic (exact) mass is 382 g/mol. The summed E-state index contributed by atoms with van der Waals surface area (Å²) in [5.74, 6) is 1.53. The average Bonchev–Trinajstić information content (AvgIpc) is 3.15. The van der Waals surface area contributed by atoms with Crippen LogP contribution in [-0.2, 0) is 11.2 Å². The molecule has 0 bridgehead atoms. The van der Waals surface area contributed by atoms with Crippen LogP contribution in [0.15, 0.2) is 53.9 Å². The van der Waals surface area contributed by atoms with Crippen molar-refractivity contribution in [1.82, 2.24) is 4.98 Å². The maximum atomic E-state index is 12.2. The molecule has 3 aromatic rings. The molecule has 1 heterocycles. The Morgan fingerprint density at radius 1 is 1.07 bits per heavy atom. The third kappa shape index (κ3) is 5.31. The molecule has 6 heteroatoms. The smallest absolute Gasteiger partial charge is 0.230 e. The Kier molecular flexibility index (Phi) is 6.44. The maximum Gasteiger partial charge on any atom is 0.230 e. The van der Waals surface area contributed by atoms with Gasteiger partial charge in [-0.15, -0.1) is 11.3 Å².